The van der Waals surface area contributed by atoms with Crippen LogP contribution in [0.5, 0.6) is 0 Å². The number of aryl methyl sites for hydroxylation is 1. The van der Waals surface area contributed by atoms with Crippen LogP contribution in [0.15, 0.2) is 24.3 Å². The van der Waals surface area contributed by atoms with Crippen LogP contribution in [-0.2, 0) is 25.0 Å². The van der Waals surface area contributed by atoms with Gasteiger partial charge in [-0.25, -0.2) is 13.4 Å². The van der Waals surface area contributed by atoms with Crippen molar-refractivity contribution in [2.24, 2.45) is 0 Å². The molecule has 1 aliphatic carbocycles. The maximum absolute atomic E-state index is 12.5. The number of carbonyl (C=O) groups is 2. The topological polar surface area (TPSA) is 114 Å². The van der Waals surface area contributed by atoms with Gasteiger partial charge in [0.15, 0.2) is 5.13 Å². The number of benzene rings is 1. The summed E-state index contributed by atoms with van der Waals surface area (Å²) in [5.74, 6) is -0.589. The molecule has 2 N–H and O–H groups in total. The Hall–Kier alpha value is -2.46. The summed E-state index contributed by atoms with van der Waals surface area (Å²) in [6, 6.07) is 7.10. The molecule has 0 unspecified atom stereocenters. The Bertz CT molecular complexity index is 1010. The number of ether oxygens (including phenoxy) is 1. The lowest BCUT2D eigenvalue weighted by Gasteiger charge is -2.14. The van der Waals surface area contributed by atoms with Gasteiger partial charge in [0.25, 0.3) is 5.91 Å². The third kappa shape index (κ3) is 4.33. The van der Waals surface area contributed by atoms with Crippen molar-refractivity contribution in [3.8, 4) is 0 Å². The van der Waals surface area contributed by atoms with Gasteiger partial charge in [0.05, 0.1) is 24.0 Å². The summed E-state index contributed by atoms with van der Waals surface area (Å²) in [6.07, 6.45) is 2.54. The van der Waals surface area contributed by atoms with Crippen LogP contribution < -0.4 is 10.0 Å². The van der Waals surface area contributed by atoms with Gasteiger partial charge in [0.2, 0.25) is 10.0 Å². The number of rotatable bonds is 7. The van der Waals surface area contributed by atoms with Crippen molar-refractivity contribution in [2.45, 2.75) is 32.1 Å². The number of amides is 1. The zero-order valence-electron chi connectivity index (χ0n) is 15.7. The second-order valence-corrected chi connectivity index (χ2v) is 9.39. The highest BCUT2D eigenvalue weighted by Crippen LogP contribution is 2.49. The van der Waals surface area contributed by atoms with Gasteiger partial charge in [-0.3, -0.25) is 14.3 Å². The molecule has 1 aliphatic rings. The molecule has 1 saturated carbocycles. The molecule has 1 heterocycles. The van der Waals surface area contributed by atoms with E-state index in [2.05, 4.69) is 15.0 Å². The van der Waals surface area contributed by atoms with Crippen molar-refractivity contribution >= 4 is 44.1 Å². The van der Waals surface area contributed by atoms with Crippen LogP contribution in [0, 0.1) is 6.92 Å². The number of hydrogen-bond donors (Lipinski definition) is 2. The largest absolute Gasteiger partial charge is 0.465 e. The third-order valence-corrected chi connectivity index (χ3v) is 6.15. The molecule has 0 radical (unpaired) electrons. The molecule has 3 rings (SSSR count). The molecule has 0 spiro atoms. The molecule has 1 aromatic carbocycles. The molecule has 1 amide bonds. The minimum atomic E-state index is -3.46. The number of nitrogens with zero attached hydrogens (tertiary/aromatic N) is 1. The Labute approximate surface area is 167 Å². The Morgan fingerprint density at radius 3 is 2.43 bits per heavy atom. The van der Waals surface area contributed by atoms with E-state index in [0.29, 0.717) is 22.9 Å². The fourth-order valence-corrected chi connectivity index (χ4v) is 4.57. The van der Waals surface area contributed by atoms with Crippen molar-refractivity contribution in [1.29, 1.82) is 0 Å². The van der Waals surface area contributed by atoms with E-state index in [1.165, 1.54) is 0 Å². The van der Waals surface area contributed by atoms with Gasteiger partial charge in [-0.2, -0.15) is 0 Å². The van der Waals surface area contributed by atoms with E-state index in [-0.39, 0.29) is 17.0 Å². The first-order valence-corrected chi connectivity index (χ1v) is 11.4. The zero-order chi connectivity index (χ0) is 20.5. The SMILES string of the molecule is CCOC(=O)C1(c2ccc(NC(=O)c3sc(NS(C)(=O)=O)nc3C)cc2)CC1. The smallest absolute Gasteiger partial charge is 0.316 e. The summed E-state index contributed by atoms with van der Waals surface area (Å²) in [6.45, 7) is 3.77. The fraction of sp³-hybridized carbons (Fsp3) is 0.389. The fourth-order valence-electron chi connectivity index (χ4n) is 2.87. The second kappa shape index (κ2) is 7.51. The Morgan fingerprint density at radius 2 is 1.89 bits per heavy atom. The van der Waals surface area contributed by atoms with Gasteiger partial charge in [0, 0.05) is 5.69 Å². The Kier molecular flexibility index (Phi) is 5.44. The van der Waals surface area contributed by atoms with E-state index in [4.69, 9.17) is 4.74 Å². The van der Waals surface area contributed by atoms with Crippen LogP contribution in [0.3, 0.4) is 0 Å². The average molecular weight is 424 g/mol. The van der Waals surface area contributed by atoms with E-state index in [1.54, 1.807) is 26.0 Å². The van der Waals surface area contributed by atoms with Crippen LogP contribution in [0.4, 0.5) is 10.8 Å². The molecule has 28 heavy (non-hydrogen) atoms. The van der Waals surface area contributed by atoms with Gasteiger partial charge < -0.3 is 10.1 Å². The molecule has 0 atom stereocenters. The maximum atomic E-state index is 12.5. The minimum absolute atomic E-state index is 0.144. The molecule has 1 fully saturated rings. The molecule has 8 nitrogen and oxygen atoms in total. The predicted molar refractivity (Wildman–Crippen MR) is 107 cm³/mol. The number of thiazole rings is 1. The van der Waals surface area contributed by atoms with E-state index in [1.807, 2.05) is 12.1 Å². The first-order valence-electron chi connectivity index (χ1n) is 8.69. The maximum Gasteiger partial charge on any atom is 0.316 e. The van der Waals surface area contributed by atoms with E-state index in [9.17, 15) is 18.0 Å². The lowest BCUT2D eigenvalue weighted by atomic mass is 9.96. The monoisotopic (exact) mass is 423 g/mol. The van der Waals surface area contributed by atoms with Gasteiger partial charge in [-0.1, -0.05) is 23.5 Å². The summed E-state index contributed by atoms with van der Waals surface area (Å²) in [4.78, 5) is 29.1. The molecular weight excluding hydrogens is 402 g/mol. The quantitative estimate of drug-likeness (QED) is 0.662. The normalized spacial score (nSPS) is 15.0. The van der Waals surface area contributed by atoms with Crippen LogP contribution in [0.1, 0.15) is 40.7 Å². The van der Waals surface area contributed by atoms with E-state index >= 15 is 0 Å². The first kappa shape index (κ1) is 20.3. The highest BCUT2D eigenvalue weighted by atomic mass is 32.2. The van der Waals surface area contributed by atoms with Crippen LogP contribution in [-0.4, -0.2) is 38.1 Å². The first-order chi connectivity index (χ1) is 13.1. The number of aromatic nitrogens is 1. The Balaban J connectivity index is 1.71. The summed E-state index contributed by atoms with van der Waals surface area (Å²) >= 11 is 0.966. The zero-order valence-corrected chi connectivity index (χ0v) is 17.4. The third-order valence-electron chi connectivity index (χ3n) is 4.39. The molecular formula is C18H21N3O5S2. The van der Waals surface area contributed by atoms with Crippen LogP contribution >= 0.6 is 11.3 Å². The van der Waals surface area contributed by atoms with Gasteiger partial charge in [0.1, 0.15) is 4.88 Å². The van der Waals surface area contributed by atoms with Crippen LogP contribution in [0.25, 0.3) is 0 Å². The number of carbonyl (C=O) groups excluding carboxylic acids is 2. The van der Waals surface area contributed by atoms with E-state index in [0.717, 1.165) is 36.0 Å². The molecule has 0 aliphatic heterocycles. The minimum Gasteiger partial charge on any atom is -0.465 e. The number of nitrogens with one attached hydrogen (secondary N) is 2. The van der Waals surface area contributed by atoms with Crippen molar-refractivity contribution in [3.05, 3.63) is 40.4 Å². The van der Waals surface area contributed by atoms with Crippen molar-refractivity contribution in [1.82, 2.24) is 4.98 Å². The summed E-state index contributed by atoms with van der Waals surface area (Å²) in [5.41, 5.74) is 1.32. The van der Waals surface area contributed by atoms with Crippen molar-refractivity contribution in [3.63, 3.8) is 0 Å². The molecule has 1 aromatic heterocycles. The summed E-state index contributed by atoms with van der Waals surface area (Å²) in [7, 11) is -3.46. The number of sulfonamides is 1. The highest BCUT2D eigenvalue weighted by molar-refractivity contribution is 7.92. The van der Waals surface area contributed by atoms with Crippen molar-refractivity contribution < 1.29 is 22.7 Å². The second-order valence-electron chi connectivity index (χ2n) is 6.64. The lowest BCUT2D eigenvalue weighted by Crippen LogP contribution is -2.23. The summed E-state index contributed by atoms with van der Waals surface area (Å²) in [5, 5.41) is 2.91. The molecule has 2 aromatic rings. The van der Waals surface area contributed by atoms with Crippen molar-refractivity contribution in [2.75, 3.05) is 22.9 Å². The molecule has 150 valence electrons. The number of esters is 1. The average Bonchev–Trinajstić information content (AvgIpc) is 3.33. The van der Waals surface area contributed by atoms with Gasteiger partial charge >= 0.3 is 5.97 Å². The van der Waals surface area contributed by atoms with Crippen LogP contribution in [0.2, 0.25) is 0 Å². The van der Waals surface area contributed by atoms with Gasteiger partial charge in [-0.15, -0.1) is 0 Å². The van der Waals surface area contributed by atoms with E-state index < -0.39 is 15.4 Å². The molecule has 10 heteroatoms. The lowest BCUT2D eigenvalue weighted by molar-refractivity contribution is -0.146. The number of hydrogen-bond acceptors (Lipinski definition) is 7. The summed E-state index contributed by atoms with van der Waals surface area (Å²) < 4.78 is 30.1. The highest BCUT2D eigenvalue weighted by Gasteiger charge is 2.52. The predicted octanol–water partition coefficient (Wildman–Crippen LogP) is 2.67. The molecule has 0 saturated heterocycles. The Morgan fingerprint density at radius 1 is 1.25 bits per heavy atom. The number of anilines is 2. The standard InChI is InChI=1S/C18H21N3O5S2/c1-4-26-16(23)18(9-10-18)12-5-7-13(8-6-12)20-15(22)14-11(2)19-17(27-14)21-28(3,24)25/h5-8H,4,9-10H2,1-3H3,(H,19,21)(H,20,22). The molecule has 0 bridgehead atoms. The van der Waals surface area contributed by atoms with Gasteiger partial charge in [-0.05, 0) is 44.4 Å².